The minimum absolute atomic E-state index is 0.153. The van der Waals surface area contributed by atoms with Crippen molar-refractivity contribution in [1.29, 1.82) is 0 Å². The van der Waals surface area contributed by atoms with Gasteiger partial charge in [-0.15, -0.1) is 0 Å². The maximum atomic E-state index is 9.78. The van der Waals surface area contributed by atoms with Crippen molar-refractivity contribution in [2.45, 2.75) is 25.4 Å². The topological polar surface area (TPSA) is 55.7 Å². The SMILES string of the molecule is OCCN(Cc1ccccc1O)CC1CCCN1. The van der Waals surface area contributed by atoms with Crippen molar-refractivity contribution < 1.29 is 10.2 Å². The largest absolute Gasteiger partial charge is 0.508 e. The van der Waals surface area contributed by atoms with Gasteiger partial charge in [0.1, 0.15) is 5.75 Å². The first kappa shape index (κ1) is 13.3. The van der Waals surface area contributed by atoms with Crippen molar-refractivity contribution >= 4 is 0 Å². The first-order valence-electron chi connectivity index (χ1n) is 6.63. The molecule has 1 aromatic rings. The van der Waals surface area contributed by atoms with Gasteiger partial charge in [-0.1, -0.05) is 18.2 Å². The van der Waals surface area contributed by atoms with E-state index in [1.165, 1.54) is 12.8 Å². The van der Waals surface area contributed by atoms with Crippen molar-refractivity contribution in [3.8, 4) is 5.75 Å². The molecule has 100 valence electrons. The molecule has 1 saturated heterocycles. The maximum absolute atomic E-state index is 9.78. The number of aliphatic hydroxyl groups is 1. The van der Waals surface area contributed by atoms with Crippen molar-refractivity contribution in [2.75, 3.05) is 26.2 Å². The van der Waals surface area contributed by atoms with E-state index in [2.05, 4.69) is 10.2 Å². The van der Waals surface area contributed by atoms with Crippen LogP contribution in [0.3, 0.4) is 0 Å². The average Bonchev–Trinajstić information content (AvgIpc) is 2.85. The van der Waals surface area contributed by atoms with Gasteiger partial charge in [-0.2, -0.15) is 0 Å². The number of phenols is 1. The lowest BCUT2D eigenvalue weighted by Crippen LogP contribution is -2.38. The fraction of sp³-hybridized carbons (Fsp3) is 0.571. The summed E-state index contributed by atoms with van der Waals surface area (Å²) in [6.45, 7) is 3.50. The van der Waals surface area contributed by atoms with Gasteiger partial charge in [0.05, 0.1) is 6.61 Å². The summed E-state index contributed by atoms with van der Waals surface area (Å²) in [6.07, 6.45) is 2.43. The van der Waals surface area contributed by atoms with Crippen LogP contribution >= 0.6 is 0 Å². The smallest absolute Gasteiger partial charge is 0.120 e. The molecule has 0 bridgehead atoms. The molecular formula is C14H22N2O2. The van der Waals surface area contributed by atoms with Crippen LogP contribution in [0.4, 0.5) is 0 Å². The fourth-order valence-corrected chi connectivity index (χ4v) is 2.49. The summed E-state index contributed by atoms with van der Waals surface area (Å²) in [5.41, 5.74) is 0.920. The molecule has 1 aliphatic rings. The zero-order valence-electron chi connectivity index (χ0n) is 10.7. The van der Waals surface area contributed by atoms with Crippen LogP contribution in [0.25, 0.3) is 0 Å². The normalized spacial score (nSPS) is 19.6. The van der Waals surface area contributed by atoms with Gasteiger partial charge >= 0.3 is 0 Å². The van der Waals surface area contributed by atoms with E-state index in [-0.39, 0.29) is 6.61 Å². The van der Waals surface area contributed by atoms with Gasteiger partial charge in [0.25, 0.3) is 0 Å². The summed E-state index contributed by atoms with van der Waals surface area (Å²) in [6, 6.07) is 7.91. The Kier molecular flexibility index (Phi) is 4.99. The van der Waals surface area contributed by atoms with Gasteiger partial charge in [-0.3, -0.25) is 4.90 Å². The second-order valence-corrected chi connectivity index (χ2v) is 4.88. The zero-order valence-corrected chi connectivity index (χ0v) is 10.7. The van der Waals surface area contributed by atoms with Crippen molar-refractivity contribution in [3.05, 3.63) is 29.8 Å². The third kappa shape index (κ3) is 3.70. The van der Waals surface area contributed by atoms with E-state index in [0.717, 1.165) is 18.7 Å². The number of hydrogen-bond acceptors (Lipinski definition) is 4. The number of rotatable bonds is 6. The highest BCUT2D eigenvalue weighted by Crippen LogP contribution is 2.18. The van der Waals surface area contributed by atoms with E-state index in [0.29, 0.717) is 24.9 Å². The Bertz CT molecular complexity index is 365. The minimum Gasteiger partial charge on any atom is -0.508 e. The molecule has 0 saturated carbocycles. The molecule has 1 aliphatic heterocycles. The van der Waals surface area contributed by atoms with Crippen molar-refractivity contribution in [1.82, 2.24) is 10.2 Å². The van der Waals surface area contributed by atoms with Gasteiger partial charge in [0.2, 0.25) is 0 Å². The van der Waals surface area contributed by atoms with E-state index >= 15 is 0 Å². The van der Waals surface area contributed by atoms with Gasteiger partial charge < -0.3 is 15.5 Å². The standard InChI is InChI=1S/C14H22N2O2/c17-9-8-16(11-13-5-3-7-15-13)10-12-4-1-2-6-14(12)18/h1-2,4,6,13,15,17-18H,3,5,7-11H2. The molecule has 0 aliphatic carbocycles. The van der Waals surface area contributed by atoms with Crippen LogP contribution in [-0.2, 0) is 6.54 Å². The first-order valence-corrected chi connectivity index (χ1v) is 6.63. The molecule has 1 heterocycles. The molecule has 1 atom stereocenters. The third-order valence-corrected chi connectivity index (χ3v) is 3.44. The predicted molar refractivity (Wildman–Crippen MR) is 71.5 cm³/mol. The minimum atomic E-state index is 0.153. The highest BCUT2D eigenvalue weighted by molar-refractivity contribution is 5.31. The summed E-state index contributed by atoms with van der Waals surface area (Å²) >= 11 is 0. The zero-order chi connectivity index (χ0) is 12.8. The molecule has 18 heavy (non-hydrogen) atoms. The van der Waals surface area contributed by atoms with Crippen molar-refractivity contribution in [2.24, 2.45) is 0 Å². The number of nitrogens with one attached hydrogen (secondary N) is 1. The van der Waals surface area contributed by atoms with Crippen LogP contribution in [0.5, 0.6) is 5.75 Å². The Labute approximate surface area is 108 Å². The van der Waals surface area contributed by atoms with E-state index in [4.69, 9.17) is 5.11 Å². The Morgan fingerprint density at radius 2 is 2.17 bits per heavy atom. The Morgan fingerprint density at radius 3 is 2.83 bits per heavy atom. The molecule has 0 aromatic heterocycles. The summed E-state index contributed by atoms with van der Waals surface area (Å²) < 4.78 is 0. The molecular weight excluding hydrogens is 228 g/mol. The fourth-order valence-electron chi connectivity index (χ4n) is 2.49. The number of nitrogens with zero attached hydrogens (tertiary/aromatic N) is 1. The highest BCUT2D eigenvalue weighted by Gasteiger charge is 2.18. The Morgan fingerprint density at radius 1 is 1.33 bits per heavy atom. The second-order valence-electron chi connectivity index (χ2n) is 4.88. The van der Waals surface area contributed by atoms with E-state index in [9.17, 15) is 5.11 Å². The lowest BCUT2D eigenvalue weighted by atomic mass is 10.1. The number of phenolic OH excluding ortho intramolecular Hbond substituents is 1. The Balaban J connectivity index is 1.94. The molecule has 4 nitrogen and oxygen atoms in total. The van der Waals surface area contributed by atoms with Gasteiger partial charge in [-0.25, -0.2) is 0 Å². The molecule has 1 aromatic carbocycles. The molecule has 0 radical (unpaired) electrons. The predicted octanol–water partition coefficient (Wildman–Crippen LogP) is 0.938. The lowest BCUT2D eigenvalue weighted by Gasteiger charge is -2.25. The Hall–Kier alpha value is -1.10. The molecule has 0 amide bonds. The van der Waals surface area contributed by atoms with Gasteiger partial charge in [-0.05, 0) is 25.5 Å². The number of hydrogen-bond donors (Lipinski definition) is 3. The van der Waals surface area contributed by atoms with Crippen LogP contribution in [0.15, 0.2) is 24.3 Å². The molecule has 4 heteroatoms. The van der Waals surface area contributed by atoms with E-state index < -0.39 is 0 Å². The van der Waals surface area contributed by atoms with E-state index in [1.807, 2.05) is 18.2 Å². The first-order chi connectivity index (χ1) is 8.79. The molecule has 0 spiro atoms. The molecule has 2 rings (SSSR count). The van der Waals surface area contributed by atoms with Crippen molar-refractivity contribution in [3.63, 3.8) is 0 Å². The summed E-state index contributed by atoms with van der Waals surface area (Å²) in [5.74, 6) is 0.333. The highest BCUT2D eigenvalue weighted by atomic mass is 16.3. The quantitative estimate of drug-likeness (QED) is 0.703. The van der Waals surface area contributed by atoms with Crippen LogP contribution in [0.1, 0.15) is 18.4 Å². The lowest BCUT2D eigenvalue weighted by molar-refractivity contribution is 0.178. The molecule has 3 N–H and O–H groups in total. The second kappa shape index (κ2) is 6.73. The van der Waals surface area contributed by atoms with Crippen LogP contribution < -0.4 is 5.32 Å². The van der Waals surface area contributed by atoms with Gasteiger partial charge in [0.15, 0.2) is 0 Å². The molecule has 1 unspecified atom stereocenters. The number of para-hydroxylation sites is 1. The number of aromatic hydroxyl groups is 1. The summed E-state index contributed by atoms with van der Waals surface area (Å²) in [5, 5.41) is 22.4. The summed E-state index contributed by atoms with van der Waals surface area (Å²) in [4.78, 5) is 2.19. The third-order valence-electron chi connectivity index (χ3n) is 3.44. The van der Waals surface area contributed by atoms with Gasteiger partial charge in [0, 0.05) is 31.2 Å². The maximum Gasteiger partial charge on any atom is 0.120 e. The summed E-state index contributed by atoms with van der Waals surface area (Å²) in [7, 11) is 0. The monoisotopic (exact) mass is 250 g/mol. The number of benzene rings is 1. The molecule has 1 fully saturated rings. The average molecular weight is 250 g/mol. The van der Waals surface area contributed by atoms with Crippen LogP contribution in [0, 0.1) is 0 Å². The number of aliphatic hydroxyl groups excluding tert-OH is 1. The van der Waals surface area contributed by atoms with Crippen LogP contribution in [0.2, 0.25) is 0 Å². The van der Waals surface area contributed by atoms with Crippen LogP contribution in [-0.4, -0.2) is 47.4 Å². The van der Waals surface area contributed by atoms with E-state index in [1.54, 1.807) is 6.07 Å².